The van der Waals surface area contributed by atoms with Crippen LogP contribution in [0.2, 0.25) is 0 Å². The zero-order chi connectivity index (χ0) is 26.5. The van der Waals surface area contributed by atoms with Gasteiger partial charge in [-0.15, -0.1) is 0 Å². The van der Waals surface area contributed by atoms with Crippen LogP contribution in [0.15, 0.2) is 30.3 Å². The molecule has 1 aromatic rings. The van der Waals surface area contributed by atoms with E-state index in [-0.39, 0.29) is 30.2 Å². The quantitative estimate of drug-likeness (QED) is 0.543. The summed E-state index contributed by atoms with van der Waals surface area (Å²) in [7, 11) is 0. The third-order valence-corrected chi connectivity index (χ3v) is 6.76. The Balaban J connectivity index is 2.11. The van der Waals surface area contributed by atoms with Gasteiger partial charge >= 0.3 is 0 Å². The van der Waals surface area contributed by atoms with Gasteiger partial charge in [-0.05, 0) is 62.8 Å². The summed E-state index contributed by atoms with van der Waals surface area (Å²) in [6.07, 6.45) is 5.02. The molecule has 2 rings (SSSR count). The summed E-state index contributed by atoms with van der Waals surface area (Å²) in [5.41, 5.74) is 1.27. The highest BCUT2D eigenvalue weighted by atomic mass is 16.2. The van der Waals surface area contributed by atoms with Gasteiger partial charge in [0.25, 0.3) is 0 Å². The molecule has 0 saturated carbocycles. The van der Waals surface area contributed by atoms with Crippen LogP contribution in [0.1, 0.15) is 72.3 Å². The minimum atomic E-state index is -0.561. The molecule has 2 atom stereocenters. The molecule has 1 saturated heterocycles. The largest absolute Gasteiger partial charge is 0.343 e. The number of nitrogens with one attached hydrogen (secondary N) is 2. The second kappa shape index (κ2) is 15.6. The van der Waals surface area contributed by atoms with Crippen molar-refractivity contribution in [1.82, 2.24) is 20.4 Å². The van der Waals surface area contributed by atoms with E-state index in [0.29, 0.717) is 38.5 Å². The highest BCUT2D eigenvalue weighted by Crippen LogP contribution is 2.13. The fourth-order valence-electron chi connectivity index (χ4n) is 4.49. The smallest absolute Gasteiger partial charge is 0.245 e. The molecule has 1 aliphatic heterocycles. The van der Waals surface area contributed by atoms with Gasteiger partial charge in [-0.3, -0.25) is 19.7 Å². The summed E-state index contributed by atoms with van der Waals surface area (Å²) in [4.78, 5) is 43.4. The Morgan fingerprint density at radius 1 is 0.917 bits per heavy atom. The molecule has 0 spiro atoms. The molecule has 3 amide bonds. The molecule has 202 valence electrons. The molecular weight excluding hydrogens is 452 g/mol. The predicted molar refractivity (Wildman–Crippen MR) is 145 cm³/mol. The van der Waals surface area contributed by atoms with Gasteiger partial charge in [-0.25, -0.2) is 0 Å². The zero-order valence-corrected chi connectivity index (χ0v) is 23.1. The lowest BCUT2D eigenvalue weighted by molar-refractivity contribution is -0.138. The molecular formula is C29H48N4O3. The minimum Gasteiger partial charge on any atom is -0.343 e. The summed E-state index contributed by atoms with van der Waals surface area (Å²) in [6.45, 7) is 13.0. The summed E-state index contributed by atoms with van der Waals surface area (Å²) in [6, 6.07) is 9.21. The third-order valence-electron chi connectivity index (χ3n) is 6.76. The number of carbonyl (C=O) groups is 3. The van der Waals surface area contributed by atoms with Crippen LogP contribution < -0.4 is 10.6 Å². The first-order chi connectivity index (χ1) is 17.2. The van der Waals surface area contributed by atoms with E-state index in [4.69, 9.17) is 0 Å². The average molecular weight is 501 g/mol. The molecule has 0 bridgehead atoms. The predicted octanol–water partition coefficient (Wildman–Crippen LogP) is 3.63. The number of rotatable bonds is 9. The lowest BCUT2D eigenvalue weighted by Gasteiger charge is -2.31. The van der Waals surface area contributed by atoms with Gasteiger partial charge in [0.05, 0.1) is 12.6 Å². The molecule has 1 aromatic carbocycles. The Morgan fingerprint density at radius 3 is 2.22 bits per heavy atom. The van der Waals surface area contributed by atoms with Crippen molar-refractivity contribution in [3.63, 3.8) is 0 Å². The SMILES string of the molecule is CC(C)CCN1CCCCN(CCCc2ccccc2)C(=O)CN[C@@H](C)C(=O)N[C@@H](CC(C)C)C1=O. The molecule has 0 unspecified atom stereocenters. The van der Waals surface area contributed by atoms with Crippen LogP contribution in [0.3, 0.4) is 0 Å². The topological polar surface area (TPSA) is 81.8 Å². The number of amides is 3. The summed E-state index contributed by atoms with van der Waals surface area (Å²) >= 11 is 0. The number of hydrogen-bond acceptors (Lipinski definition) is 4. The zero-order valence-electron chi connectivity index (χ0n) is 23.1. The van der Waals surface area contributed by atoms with Crippen LogP contribution in [0.5, 0.6) is 0 Å². The van der Waals surface area contributed by atoms with Gasteiger partial charge < -0.3 is 15.1 Å². The maximum atomic E-state index is 13.5. The number of hydrogen-bond donors (Lipinski definition) is 2. The molecule has 0 aromatic heterocycles. The van der Waals surface area contributed by atoms with E-state index < -0.39 is 12.1 Å². The molecule has 36 heavy (non-hydrogen) atoms. The van der Waals surface area contributed by atoms with E-state index in [9.17, 15) is 14.4 Å². The second-order valence-corrected chi connectivity index (χ2v) is 11.0. The van der Waals surface area contributed by atoms with E-state index in [0.717, 1.165) is 32.1 Å². The van der Waals surface area contributed by atoms with Crippen LogP contribution in [0.4, 0.5) is 0 Å². The van der Waals surface area contributed by atoms with Crippen molar-refractivity contribution in [2.45, 2.75) is 85.2 Å². The maximum absolute atomic E-state index is 13.5. The number of aryl methyl sites for hydroxylation is 1. The lowest BCUT2D eigenvalue weighted by atomic mass is 10.0. The van der Waals surface area contributed by atoms with Crippen molar-refractivity contribution in [3.8, 4) is 0 Å². The van der Waals surface area contributed by atoms with Crippen molar-refractivity contribution >= 4 is 17.7 Å². The van der Waals surface area contributed by atoms with Gasteiger partial charge in [0, 0.05) is 26.2 Å². The Bertz CT molecular complexity index is 812. The van der Waals surface area contributed by atoms with E-state index in [1.165, 1.54) is 5.56 Å². The van der Waals surface area contributed by atoms with Crippen LogP contribution in [0, 0.1) is 11.8 Å². The molecule has 2 N–H and O–H groups in total. The van der Waals surface area contributed by atoms with Crippen LogP contribution in [-0.4, -0.2) is 72.3 Å². The third kappa shape index (κ3) is 10.7. The highest BCUT2D eigenvalue weighted by molar-refractivity contribution is 5.90. The van der Waals surface area contributed by atoms with Crippen molar-refractivity contribution in [3.05, 3.63) is 35.9 Å². The molecule has 0 aliphatic carbocycles. The van der Waals surface area contributed by atoms with Crippen molar-refractivity contribution in [2.75, 3.05) is 32.7 Å². The number of benzene rings is 1. The normalized spacial score (nSPS) is 21.1. The van der Waals surface area contributed by atoms with Gasteiger partial charge in [-0.1, -0.05) is 58.0 Å². The summed E-state index contributed by atoms with van der Waals surface area (Å²) in [5, 5.41) is 6.07. The Kier molecular flexibility index (Phi) is 13.0. The van der Waals surface area contributed by atoms with Gasteiger partial charge in [-0.2, -0.15) is 0 Å². The fourth-order valence-corrected chi connectivity index (χ4v) is 4.49. The second-order valence-electron chi connectivity index (χ2n) is 11.0. The first-order valence-corrected chi connectivity index (χ1v) is 13.8. The Labute approximate surface area is 218 Å². The van der Waals surface area contributed by atoms with E-state index in [2.05, 4.69) is 50.5 Å². The maximum Gasteiger partial charge on any atom is 0.245 e. The standard InChI is InChI=1S/C29H48N4O3/c1-22(2)15-19-33-17-10-9-16-32(18-11-14-25-12-7-6-8-13-25)27(34)21-30-24(5)28(35)31-26(29(33)36)20-23(3)4/h6-8,12-13,22-24,26,30H,9-11,14-21H2,1-5H3,(H,31,35)/t24-,26-/m0/s1. The fraction of sp³-hybridized carbons (Fsp3) is 0.690. The van der Waals surface area contributed by atoms with Crippen molar-refractivity contribution in [2.24, 2.45) is 11.8 Å². The first-order valence-electron chi connectivity index (χ1n) is 13.8. The van der Waals surface area contributed by atoms with Crippen LogP contribution in [0.25, 0.3) is 0 Å². The molecule has 1 fully saturated rings. The van der Waals surface area contributed by atoms with Crippen LogP contribution >= 0.6 is 0 Å². The van der Waals surface area contributed by atoms with Crippen LogP contribution in [-0.2, 0) is 20.8 Å². The van der Waals surface area contributed by atoms with Gasteiger partial charge in [0.15, 0.2) is 0 Å². The van der Waals surface area contributed by atoms with E-state index >= 15 is 0 Å². The van der Waals surface area contributed by atoms with Gasteiger partial charge in [0.2, 0.25) is 17.7 Å². The van der Waals surface area contributed by atoms with E-state index in [1.54, 1.807) is 6.92 Å². The first kappa shape index (κ1) is 29.8. The summed E-state index contributed by atoms with van der Waals surface area (Å²) < 4.78 is 0. The Hall–Kier alpha value is -2.41. The minimum absolute atomic E-state index is 0.0118. The molecule has 0 radical (unpaired) electrons. The molecule has 7 heteroatoms. The highest BCUT2D eigenvalue weighted by Gasteiger charge is 2.29. The lowest BCUT2D eigenvalue weighted by Crippen LogP contribution is -2.55. The number of carbonyl (C=O) groups excluding carboxylic acids is 3. The monoisotopic (exact) mass is 500 g/mol. The number of nitrogens with zero attached hydrogens (tertiary/aromatic N) is 2. The molecule has 7 nitrogen and oxygen atoms in total. The molecule has 1 aliphatic rings. The van der Waals surface area contributed by atoms with Crippen molar-refractivity contribution in [1.29, 1.82) is 0 Å². The Morgan fingerprint density at radius 2 is 1.58 bits per heavy atom. The van der Waals surface area contributed by atoms with Crippen molar-refractivity contribution < 1.29 is 14.4 Å². The summed E-state index contributed by atoms with van der Waals surface area (Å²) in [5.74, 6) is 0.563. The van der Waals surface area contributed by atoms with E-state index in [1.807, 2.05) is 28.0 Å². The average Bonchev–Trinajstić information content (AvgIpc) is 2.84. The van der Waals surface area contributed by atoms with Gasteiger partial charge in [0.1, 0.15) is 6.04 Å². The molecule has 1 heterocycles.